The molecule has 4 heteroatoms. The van der Waals surface area contributed by atoms with Crippen LogP contribution in [0.1, 0.15) is 24.9 Å². The Balaban J connectivity index is 0.00000196. The molecule has 0 aromatic heterocycles. The molecule has 15 heavy (non-hydrogen) atoms. The lowest BCUT2D eigenvalue weighted by atomic mass is 10.0. The fourth-order valence-corrected chi connectivity index (χ4v) is 1.31. The minimum atomic E-state index is -0.400. The summed E-state index contributed by atoms with van der Waals surface area (Å²) < 4.78 is 12.9. The van der Waals surface area contributed by atoms with Crippen molar-refractivity contribution in [1.29, 1.82) is 0 Å². The van der Waals surface area contributed by atoms with E-state index < -0.39 is 11.9 Å². The molecule has 1 atom stereocenters. The van der Waals surface area contributed by atoms with E-state index in [2.05, 4.69) is 6.58 Å². The van der Waals surface area contributed by atoms with Gasteiger partial charge in [0.1, 0.15) is 11.6 Å². The van der Waals surface area contributed by atoms with Crippen LogP contribution in [-0.4, -0.2) is 5.11 Å². The number of nitrogens with two attached hydrogens (primary N) is 1. The number of aromatic hydroxyl groups is 1. The first-order valence-corrected chi connectivity index (χ1v) is 4.39. The summed E-state index contributed by atoms with van der Waals surface area (Å²) in [6.07, 6.45) is 0.539. The maximum atomic E-state index is 12.9. The number of benzene rings is 1. The molecule has 0 heterocycles. The van der Waals surface area contributed by atoms with E-state index in [4.69, 9.17) is 5.73 Å². The molecule has 0 fully saturated rings. The SMILES string of the molecule is C=C(C)C[C@@H](N)c1cc(F)ccc1O.Cl. The molecule has 0 aliphatic carbocycles. The number of hydrogen-bond donors (Lipinski definition) is 2. The van der Waals surface area contributed by atoms with Crippen LogP contribution in [0, 0.1) is 5.82 Å². The van der Waals surface area contributed by atoms with Crippen LogP contribution in [0.4, 0.5) is 4.39 Å². The van der Waals surface area contributed by atoms with Gasteiger partial charge in [0, 0.05) is 11.6 Å². The van der Waals surface area contributed by atoms with Gasteiger partial charge in [-0.2, -0.15) is 0 Å². The summed E-state index contributed by atoms with van der Waals surface area (Å²) in [5.41, 5.74) is 7.11. The van der Waals surface area contributed by atoms with Crippen LogP contribution >= 0.6 is 12.4 Å². The van der Waals surface area contributed by atoms with Crippen LogP contribution in [0.2, 0.25) is 0 Å². The molecular formula is C11H15ClFNO. The van der Waals surface area contributed by atoms with Gasteiger partial charge in [-0.15, -0.1) is 19.0 Å². The monoisotopic (exact) mass is 231 g/mol. The average Bonchev–Trinajstić information content (AvgIpc) is 2.08. The molecule has 1 rings (SSSR count). The van der Waals surface area contributed by atoms with E-state index >= 15 is 0 Å². The van der Waals surface area contributed by atoms with E-state index in [1.807, 2.05) is 6.92 Å². The lowest BCUT2D eigenvalue weighted by molar-refractivity contribution is 0.458. The Morgan fingerprint density at radius 3 is 2.73 bits per heavy atom. The Morgan fingerprint density at radius 2 is 2.20 bits per heavy atom. The minimum absolute atomic E-state index is 0. The molecule has 3 N–H and O–H groups in total. The van der Waals surface area contributed by atoms with E-state index in [9.17, 15) is 9.50 Å². The third-order valence-corrected chi connectivity index (χ3v) is 1.96. The number of phenolic OH excluding ortho intramolecular Hbond substituents is 1. The van der Waals surface area contributed by atoms with Crippen LogP contribution in [0.3, 0.4) is 0 Å². The second-order valence-electron chi connectivity index (χ2n) is 3.47. The van der Waals surface area contributed by atoms with Crippen LogP contribution in [0.5, 0.6) is 5.75 Å². The van der Waals surface area contributed by atoms with Gasteiger partial charge in [-0.3, -0.25) is 0 Å². The summed E-state index contributed by atoms with van der Waals surface area (Å²) in [5, 5.41) is 9.44. The van der Waals surface area contributed by atoms with E-state index in [1.54, 1.807) is 0 Å². The van der Waals surface area contributed by atoms with Crippen molar-refractivity contribution in [3.05, 3.63) is 41.7 Å². The van der Waals surface area contributed by atoms with Crippen molar-refractivity contribution in [2.24, 2.45) is 5.73 Å². The topological polar surface area (TPSA) is 46.2 Å². The molecule has 0 bridgehead atoms. The zero-order chi connectivity index (χ0) is 10.7. The van der Waals surface area contributed by atoms with Crippen LogP contribution in [0.25, 0.3) is 0 Å². The zero-order valence-electron chi connectivity index (χ0n) is 8.53. The third-order valence-electron chi connectivity index (χ3n) is 1.96. The molecule has 0 radical (unpaired) electrons. The molecule has 0 aliphatic heterocycles. The highest BCUT2D eigenvalue weighted by Crippen LogP contribution is 2.26. The van der Waals surface area contributed by atoms with Crippen molar-refractivity contribution in [1.82, 2.24) is 0 Å². The normalized spacial score (nSPS) is 11.7. The molecule has 0 saturated carbocycles. The summed E-state index contributed by atoms with van der Waals surface area (Å²) in [4.78, 5) is 0. The van der Waals surface area contributed by atoms with Gasteiger partial charge < -0.3 is 10.8 Å². The summed E-state index contributed by atoms with van der Waals surface area (Å²) in [7, 11) is 0. The van der Waals surface area contributed by atoms with Crippen LogP contribution in [-0.2, 0) is 0 Å². The molecule has 84 valence electrons. The second kappa shape index (κ2) is 5.73. The fraction of sp³-hybridized carbons (Fsp3) is 0.273. The van der Waals surface area contributed by atoms with Gasteiger partial charge in [0.05, 0.1) is 0 Å². The second-order valence-corrected chi connectivity index (χ2v) is 3.47. The van der Waals surface area contributed by atoms with Crippen molar-refractivity contribution in [2.45, 2.75) is 19.4 Å². The molecule has 0 unspecified atom stereocenters. The lowest BCUT2D eigenvalue weighted by Crippen LogP contribution is -2.10. The van der Waals surface area contributed by atoms with E-state index in [0.717, 1.165) is 5.57 Å². The quantitative estimate of drug-likeness (QED) is 0.786. The molecule has 1 aromatic carbocycles. The van der Waals surface area contributed by atoms with Gasteiger partial charge in [0.15, 0.2) is 0 Å². The van der Waals surface area contributed by atoms with Crippen LogP contribution < -0.4 is 5.73 Å². The molecule has 0 saturated heterocycles. The van der Waals surface area contributed by atoms with Crippen molar-refractivity contribution < 1.29 is 9.50 Å². The summed E-state index contributed by atoms with van der Waals surface area (Å²) in [6, 6.07) is 3.36. The Bertz CT molecular complexity index is 354. The first-order valence-electron chi connectivity index (χ1n) is 4.39. The lowest BCUT2D eigenvalue weighted by Gasteiger charge is -2.13. The maximum absolute atomic E-state index is 12.9. The highest BCUT2D eigenvalue weighted by molar-refractivity contribution is 5.85. The minimum Gasteiger partial charge on any atom is -0.508 e. The molecule has 0 amide bonds. The Kier molecular flexibility index (Phi) is 5.33. The number of halogens is 2. The highest BCUT2D eigenvalue weighted by Gasteiger charge is 2.11. The summed E-state index contributed by atoms with van der Waals surface area (Å²) in [5.74, 6) is -0.366. The first kappa shape index (κ1) is 13.9. The van der Waals surface area contributed by atoms with Crippen molar-refractivity contribution >= 4 is 12.4 Å². The van der Waals surface area contributed by atoms with Gasteiger partial charge >= 0.3 is 0 Å². The predicted molar refractivity (Wildman–Crippen MR) is 61.7 cm³/mol. The number of rotatable bonds is 3. The molecule has 2 nitrogen and oxygen atoms in total. The highest BCUT2D eigenvalue weighted by atomic mass is 35.5. The smallest absolute Gasteiger partial charge is 0.123 e. The molecule has 0 aliphatic rings. The number of hydrogen-bond acceptors (Lipinski definition) is 2. The zero-order valence-corrected chi connectivity index (χ0v) is 9.35. The summed E-state index contributed by atoms with van der Waals surface area (Å²) >= 11 is 0. The Labute approximate surface area is 95.0 Å². The van der Waals surface area contributed by atoms with Crippen molar-refractivity contribution in [3.8, 4) is 5.75 Å². The standard InChI is InChI=1S/C11H14FNO.ClH/c1-7(2)5-10(13)9-6-8(12)3-4-11(9)14;/h3-4,6,10,14H,1,5,13H2,2H3;1H/t10-;/m1./s1. The molecule has 1 aromatic rings. The van der Waals surface area contributed by atoms with E-state index in [-0.39, 0.29) is 18.2 Å². The third kappa shape index (κ3) is 3.90. The maximum Gasteiger partial charge on any atom is 0.123 e. The van der Waals surface area contributed by atoms with Gasteiger partial charge in [0.25, 0.3) is 0 Å². The van der Waals surface area contributed by atoms with E-state index in [1.165, 1.54) is 18.2 Å². The summed E-state index contributed by atoms with van der Waals surface area (Å²) in [6.45, 7) is 5.56. The van der Waals surface area contributed by atoms with Crippen molar-refractivity contribution in [3.63, 3.8) is 0 Å². The van der Waals surface area contributed by atoms with Crippen molar-refractivity contribution in [2.75, 3.05) is 0 Å². The van der Waals surface area contributed by atoms with Gasteiger partial charge in [-0.25, -0.2) is 4.39 Å². The van der Waals surface area contributed by atoms with E-state index in [0.29, 0.717) is 12.0 Å². The van der Waals surface area contributed by atoms with Gasteiger partial charge in [-0.1, -0.05) is 5.57 Å². The largest absolute Gasteiger partial charge is 0.508 e. The van der Waals surface area contributed by atoms with Gasteiger partial charge in [0.2, 0.25) is 0 Å². The Hall–Kier alpha value is -1.06. The van der Waals surface area contributed by atoms with Gasteiger partial charge in [-0.05, 0) is 31.5 Å². The average molecular weight is 232 g/mol. The molecule has 0 spiro atoms. The first-order chi connectivity index (χ1) is 6.50. The van der Waals surface area contributed by atoms with Crippen LogP contribution in [0.15, 0.2) is 30.4 Å². The Morgan fingerprint density at radius 1 is 1.60 bits per heavy atom. The predicted octanol–water partition coefficient (Wildman–Crippen LogP) is 2.92. The number of phenols is 1. The molecular weight excluding hydrogens is 217 g/mol. The fourth-order valence-electron chi connectivity index (χ4n) is 1.31.